The monoisotopic (exact) mass is 273 g/mol. The standard InChI is InChI=1S/C15H19N3O2/c1-17-14(20)16-13(19)15(17)7-9-18(10-8-15)11-12-5-3-2-4-6-12/h2-6H,7-11H2,1H3,(H,16,19,20). The molecule has 0 atom stereocenters. The van der Waals surface area contributed by atoms with E-state index in [2.05, 4.69) is 22.3 Å². The summed E-state index contributed by atoms with van der Waals surface area (Å²) < 4.78 is 0. The summed E-state index contributed by atoms with van der Waals surface area (Å²) in [6.45, 7) is 2.57. The highest BCUT2D eigenvalue weighted by atomic mass is 16.2. The number of benzene rings is 1. The van der Waals surface area contributed by atoms with Gasteiger partial charge in [0.1, 0.15) is 5.54 Å². The fourth-order valence-corrected chi connectivity index (χ4v) is 3.13. The van der Waals surface area contributed by atoms with Crippen molar-refractivity contribution in [2.75, 3.05) is 20.1 Å². The molecule has 0 unspecified atom stereocenters. The summed E-state index contributed by atoms with van der Waals surface area (Å²) in [5, 5.41) is 2.42. The summed E-state index contributed by atoms with van der Waals surface area (Å²) in [6.07, 6.45) is 1.40. The molecule has 2 heterocycles. The van der Waals surface area contributed by atoms with Crippen LogP contribution < -0.4 is 5.32 Å². The van der Waals surface area contributed by atoms with Crippen molar-refractivity contribution in [1.82, 2.24) is 15.1 Å². The number of amides is 3. The van der Waals surface area contributed by atoms with Crippen LogP contribution in [-0.4, -0.2) is 47.4 Å². The van der Waals surface area contributed by atoms with Crippen LogP contribution in [0.1, 0.15) is 18.4 Å². The molecule has 1 N–H and O–H groups in total. The summed E-state index contributed by atoms with van der Waals surface area (Å²) in [4.78, 5) is 27.6. The van der Waals surface area contributed by atoms with Crippen LogP contribution in [0.15, 0.2) is 30.3 Å². The van der Waals surface area contributed by atoms with Crippen LogP contribution in [0, 0.1) is 0 Å². The van der Waals surface area contributed by atoms with Gasteiger partial charge in [-0.3, -0.25) is 15.0 Å². The Kier molecular flexibility index (Phi) is 3.22. The summed E-state index contributed by atoms with van der Waals surface area (Å²) >= 11 is 0. The van der Waals surface area contributed by atoms with E-state index in [4.69, 9.17) is 0 Å². The molecular formula is C15H19N3O2. The number of likely N-dealkylation sites (tertiary alicyclic amines) is 1. The molecule has 1 aromatic carbocycles. The van der Waals surface area contributed by atoms with Gasteiger partial charge in [-0.2, -0.15) is 0 Å². The summed E-state index contributed by atoms with van der Waals surface area (Å²) in [6, 6.07) is 10.0. The minimum Gasteiger partial charge on any atom is -0.313 e. The number of urea groups is 1. The fraction of sp³-hybridized carbons (Fsp3) is 0.467. The first-order chi connectivity index (χ1) is 9.62. The molecule has 2 saturated heterocycles. The Balaban J connectivity index is 1.65. The second-order valence-electron chi connectivity index (χ2n) is 5.61. The zero-order valence-corrected chi connectivity index (χ0v) is 11.6. The van der Waals surface area contributed by atoms with Crippen molar-refractivity contribution in [3.05, 3.63) is 35.9 Å². The van der Waals surface area contributed by atoms with Crippen molar-refractivity contribution in [2.45, 2.75) is 24.9 Å². The van der Waals surface area contributed by atoms with E-state index >= 15 is 0 Å². The van der Waals surface area contributed by atoms with E-state index in [1.165, 1.54) is 5.56 Å². The van der Waals surface area contributed by atoms with Gasteiger partial charge < -0.3 is 4.90 Å². The number of likely N-dealkylation sites (N-methyl/N-ethyl adjacent to an activating group) is 1. The van der Waals surface area contributed by atoms with Crippen LogP contribution in [0.2, 0.25) is 0 Å². The van der Waals surface area contributed by atoms with Gasteiger partial charge in [-0.05, 0) is 18.4 Å². The minimum atomic E-state index is -0.621. The van der Waals surface area contributed by atoms with Crippen molar-refractivity contribution in [3.8, 4) is 0 Å². The third-order valence-corrected chi connectivity index (χ3v) is 4.52. The van der Waals surface area contributed by atoms with Crippen molar-refractivity contribution in [1.29, 1.82) is 0 Å². The molecule has 1 aromatic rings. The molecule has 3 amide bonds. The van der Waals surface area contributed by atoms with Gasteiger partial charge in [0, 0.05) is 26.7 Å². The number of carbonyl (C=O) groups excluding carboxylic acids is 2. The Labute approximate surface area is 118 Å². The van der Waals surface area contributed by atoms with Crippen molar-refractivity contribution < 1.29 is 9.59 Å². The maximum absolute atomic E-state index is 12.0. The van der Waals surface area contributed by atoms with Gasteiger partial charge >= 0.3 is 6.03 Å². The van der Waals surface area contributed by atoms with E-state index in [0.29, 0.717) is 12.8 Å². The first-order valence-electron chi connectivity index (χ1n) is 6.97. The Morgan fingerprint density at radius 1 is 1.15 bits per heavy atom. The molecule has 106 valence electrons. The Morgan fingerprint density at radius 3 is 2.35 bits per heavy atom. The molecular weight excluding hydrogens is 254 g/mol. The number of hydrogen-bond acceptors (Lipinski definition) is 3. The quantitative estimate of drug-likeness (QED) is 0.824. The molecule has 0 aliphatic carbocycles. The van der Waals surface area contributed by atoms with E-state index in [1.807, 2.05) is 18.2 Å². The SMILES string of the molecule is CN1C(=O)NC(=O)C12CCN(Cc1ccccc1)CC2. The summed E-state index contributed by atoms with van der Waals surface area (Å²) in [5.41, 5.74) is 0.660. The maximum atomic E-state index is 12.0. The molecule has 20 heavy (non-hydrogen) atoms. The van der Waals surface area contributed by atoms with E-state index in [9.17, 15) is 9.59 Å². The average molecular weight is 273 g/mol. The first-order valence-corrected chi connectivity index (χ1v) is 6.97. The van der Waals surface area contributed by atoms with Crippen LogP contribution in [0.25, 0.3) is 0 Å². The first kappa shape index (κ1) is 13.1. The maximum Gasteiger partial charge on any atom is 0.324 e. The van der Waals surface area contributed by atoms with Crippen molar-refractivity contribution in [3.63, 3.8) is 0 Å². The van der Waals surface area contributed by atoms with Gasteiger partial charge in [0.25, 0.3) is 5.91 Å². The number of rotatable bonds is 2. The number of nitrogens with one attached hydrogen (secondary N) is 1. The zero-order valence-electron chi connectivity index (χ0n) is 11.6. The number of carbonyl (C=O) groups is 2. The molecule has 1 spiro atoms. The molecule has 2 aliphatic rings. The van der Waals surface area contributed by atoms with Crippen LogP contribution >= 0.6 is 0 Å². The fourth-order valence-electron chi connectivity index (χ4n) is 3.13. The molecule has 3 rings (SSSR count). The smallest absolute Gasteiger partial charge is 0.313 e. The van der Waals surface area contributed by atoms with Crippen LogP contribution in [0.4, 0.5) is 4.79 Å². The van der Waals surface area contributed by atoms with E-state index in [1.54, 1.807) is 11.9 Å². The predicted octanol–water partition coefficient (Wildman–Crippen LogP) is 1.20. The molecule has 5 nitrogen and oxygen atoms in total. The third kappa shape index (κ3) is 2.08. The molecule has 5 heteroatoms. The van der Waals surface area contributed by atoms with Gasteiger partial charge in [0.05, 0.1) is 0 Å². The number of hydrogen-bond donors (Lipinski definition) is 1. The van der Waals surface area contributed by atoms with Crippen molar-refractivity contribution in [2.24, 2.45) is 0 Å². The van der Waals surface area contributed by atoms with Crippen LogP contribution in [0.5, 0.6) is 0 Å². The lowest BCUT2D eigenvalue weighted by Crippen LogP contribution is -2.55. The lowest BCUT2D eigenvalue weighted by Gasteiger charge is -2.40. The van der Waals surface area contributed by atoms with E-state index in [-0.39, 0.29) is 11.9 Å². The van der Waals surface area contributed by atoms with Gasteiger partial charge in [0.15, 0.2) is 0 Å². The topological polar surface area (TPSA) is 52.7 Å². The molecule has 0 bridgehead atoms. The highest BCUT2D eigenvalue weighted by Gasteiger charge is 2.52. The highest BCUT2D eigenvalue weighted by molar-refractivity contribution is 6.06. The summed E-state index contributed by atoms with van der Waals surface area (Å²) in [7, 11) is 1.72. The second-order valence-corrected chi connectivity index (χ2v) is 5.61. The lowest BCUT2D eigenvalue weighted by molar-refractivity contribution is -0.128. The number of piperidine rings is 1. The van der Waals surface area contributed by atoms with Crippen LogP contribution in [0.3, 0.4) is 0 Å². The van der Waals surface area contributed by atoms with E-state index < -0.39 is 5.54 Å². The van der Waals surface area contributed by atoms with Gasteiger partial charge in [-0.1, -0.05) is 30.3 Å². The third-order valence-electron chi connectivity index (χ3n) is 4.52. The van der Waals surface area contributed by atoms with Gasteiger partial charge in [-0.25, -0.2) is 4.79 Å². The average Bonchev–Trinajstić information content (AvgIpc) is 2.67. The second kappa shape index (κ2) is 4.90. The molecule has 0 saturated carbocycles. The molecule has 2 aliphatic heterocycles. The largest absolute Gasteiger partial charge is 0.324 e. The summed E-state index contributed by atoms with van der Waals surface area (Å²) in [5.74, 6) is -0.135. The normalized spacial score (nSPS) is 22.4. The zero-order chi connectivity index (χ0) is 14.2. The Morgan fingerprint density at radius 2 is 1.80 bits per heavy atom. The van der Waals surface area contributed by atoms with Crippen LogP contribution in [-0.2, 0) is 11.3 Å². The molecule has 2 fully saturated rings. The van der Waals surface area contributed by atoms with Gasteiger partial charge in [-0.15, -0.1) is 0 Å². The highest BCUT2D eigenvalue weighted by Crippen LogP contribution is 2.32. The van der Waals surface area contributed by atoms with Gasteiger partial charge in [0.2, 0.25) is 0 Å². The molecule has 0 aromatic heterocycles. The van der Waals surface area contributed by atoms with Crippen molar-refractivity contribution >= 4 is 11.9 Å². The predicted molar refractivity (Wildman–Crippen MR) is 75.0 cm³/mol. The number of imide groups is 1. The molecule has 0 radical (unpaired) electrons. The number of nitrogens with zero attached hydrogens (tertiary/aromatic N) is 2. The Bertz CT molecular complexity index is 521. The minimum absolute atomic E-state index is 0.135. The van der Waals surface area contributed by atoms with E-state index in [0.717, 1.165) is 19.6 Å². The lowest BCUT2D eigenvalue weighted by atomic mass is 9.86. The Hall–Kier alpha value is -1.88.